The van der Waals surface area contributed by atoms with Crippen LogP contribution in [0.15, 0.2) is 48.5 Å². The summed E-state index contributed by atoms with van der Waals surface area (Å²) in [5.41, 5.74) is 4.53. The number of carboxylic acids is 1. The van der Waals surface area contributed by atoms with Gasteiger partial charge in [0.25, 0.3) is 0 Å². The van der Waals surface area contributed by atoms with E-state index >= 15 is 0 Å². The zero-order valence-corrected chi connectivity index (χ0v) is 17.7. The van der Waals surface area contributed by atoms with Crippen molar-refractivity contribution < 1.29 is 29.0 Å². The van der Waals surface area contributed by atoms with Crippen LogP contribution in [0, 0.1) is 5.92 Å². The molecule has 168 valence electrons. The van der Waals surface area contributed by atoms with Crippen LogP contribution in [0.4, 0.5) is 4.79 Å². The smallest absolute Gasteiger partial charge is 0.407 e. The van der Waals surface area contributed by atoms with Gasteiger partial charge in [0.2, 0.25) is 5.91 Å². The summed E-state index contributed by atoms with van der Waals surface area (Å²) in [7, 11) is 0. The highest BCUT2D eigenvalue weighted by Gasteiger charge is 2.36. The van der Waals surface area contributed by atoms with Crippen LogP contribution < -0.4 is 10.6 Å². The van der Waals surface area contributed by atoms with E-state index in [2.05, 4.69) is 22.8 Å². The summed E-state index contributed by atoms with van der Waals surface area (Å²) in [5.74, 6) is -2.00. The average Bonchev–Trinajstić information content (AvgIpc) is 3.34. The van der Waals surface area contributed by atoms with E-state index in [4.69, 9.17) is 14.6 Å². The average molecular weight is 438 g/mol. The Kier molecular flexibility index (Phi) is 6.41. The number of hydrogen-bond donors (Lipinski definition) is 3. The monoisotopic (exact) mass is 438 g/mol. The zero-order valence-electron chi connectivity index (χ0n) is 17.7. The number of fused-ring (bicyclic) bond motifs is 3. The summed E-state index contributed by atoms with van der Waals surface area (Å²) >= 11 is 0. The molecule has 1 heterocycles. The number of carboxylic acid groups (broad SMARTS) is 1. The summed E-state index contributed by atoms with van der Waals surface area (Å²) in [6, 6.07) is 15.1. The van der Waals surface area contributed by atoms with Gasteiger partial charge in [-0.2, -0.15) is 0 Å². The number of alkyl carbamates (subject to hydrolysis) is 1. The molecule has 1 aliphatic heterocycles. The maximum atomic E-state index is 12.5. The number of hydrogen-bond acceptors (Lipinski definition) is 5. The first-order chi connectivity index (χ1) is 15.4. The molecule has 0 aromatic heterocycles. The van der Waals surface area contributed by atoms with Crippen molar-refractivity contribution in [3.63, 3.8) is 0 Å². The molecule has 2 aromatic carbocycles. The van der Waals surface area contributed by atoms with E-state index < -0.39 is 30.1 Å². The molecule has 0 radical (unpaired) electrons. The molecule has 0 saturated carbocycles. The van der Waals surface area contributed by atoms with Gasteiger partial charge in [0.1, 0.15) is 6.61 Å². The van der Waals surface area contributed by atoms with Gasteiger partial charge < -0.3 is 25.2 Å². The Labute approximate surface area is 185 Å². The molecule has 1 saturated heterocycles. The molecule has 2 aromatic rings. The largest absolute Gasteiger partial charge is 0.481 e. The van der Waals surface area contributed by atoms with Crippen molar-refractivity contribution in [1.82, 2.24) is 10.6 Å². The van der Waals surface area contributed by atoms with Gasteiger partial charge in [-0.05, 0) is 29.2 Å². The summed E-state index contributed by atoms with van der Waals surface area (Å²) in [5, 5.41) is 14.3. The van der Waals surface area contributed by atoms with Gasteiger partial charge in [-0.1, -0.05) is 48.5 Å². The van der Waals surface area contributed by atoms with Gasteiger partial charge >= 0.3 is 12.1 Å². The lowest BCUT2D eigenvalue weighted by Crippen LogP contribution is -2.48. The summed E-state index contributed by atoms with van der Waals surface area (Å²) < 4.78 is 10.9. The molecule has 8 heteroatoms. The second-order valence-corrected chi connectivity index (χ2v) is 8.23. The van der Waals surface area contributed by atoms with Crippen LogP contribution in [0.1, 0.15) is 30.4 Å². The van der Waals surface area contributed by atoms with E-state index in [9.17, 15) is 14.4 Å². The molecule has 0 spiro atoms. The number of carbonyl (C=O) groups excluding carboxylic acids is 2. The number of amides is 2. The van der Waals surface area contributed by atoms with Crippen molar-refractivity contribution in [2.24, 2.45) is 5.92 Å². The van der Waals surface area contributed by atoms with E-state index in [0.29, 0.717) is 0 Å². The number of nitrogens with one attached hydrogen (secondary N) is 2. The van der Waals surface area contributed by atoms with Gasteiger partial charge in [0.15, 0.2) is 0 Å². The van der Waals surface area contributed by atoms with Gasteiger partial charge in [0.05, 0.1) is 31.6 Å². The Bertz CT molecular complexity index is 978. The molecule has 2 unspecified atom stereocenters. The lowest BCUT2D eigenvalue weighted by atomic mass is 9.98. The molecular formula is C24H26N2O6. The summed E-state index contributed by atoms with van der Waals surface area (Å²) in [6.45, 7) is 2.14. The fourth-order valence-electron chi connectivity index (χ4n) is 4.41. The van der Waals surface area contributed by atoms with Gasteiger partial charge in [-0.3, -0.25) is 9.59 Å². The first kappa shape index (κ1) is 21.8. The lowest BCUT2D eigenvalue weighted by molar-refractivity contribution is -0.137. The SMILES string of the molecule is C[C@@H](CC(=O)O)NC(=O)C1COCC1NC(=O)OCC1c2ccccc2-c2ccccc21. The Hall–Kier alpha value is -3.39. The van der Waals surface area contributed by atoms with E-state index in [1.165, 1.54) is 0 Å². The molecule has 3 N–H and O–H groups in total. The van der Waals surface area contributed by atoms with Crippen molar-refractivity contribution >= 4 is 18.0 Å². The molecule has 1 fully saturated rings. The fraction of sp³-hybridized carbons (Fsp3) is 0.375. The highest BCUT2D eigenvalue weighted by atomic mass is 16.5. The van der Waals surface area contributed by atoms with Crippen molar-refractivity contribution in [2.75, 3.05) is 19.8 Å². The predicted octanol–water partition coefficient (Wildman–Crippen LogP) is 2.52. The minimum Gasteiger partial charge on any atom is -0.481 e. The molecular weight excluding hydrogens is 412 g/mol. The van der Waals surface area contributed by atoms with Crippen LogP contribution in [0.3, 0.4) is 0 Å². The molecule has 0 bridgehead atoms. The first-order valence-electron chi connectivity index (χ1n) is 10.7. The number of rotatable bonds is 7. The maximum Gasteiger partial charge on any atom is 0.407 e. The number of carbonyl (C=O) groups is 3. The molecule has 2 amide bonds. The van der Waals surface area contributed by atoms with Crippen LogP contribution >= 0.6 is 0 Å². The highest BCUT2D eigenvalue weighted by Crippen LogP contribution is 2.44. The standard InChI is InChI=1S/C24H26N2O6/c1-14(10-22(27)28)25-23(29)20-11-31-13-21(20)26-24(30)32-12-19-17-8-4-2-6-15(17)16-7-3-5-9-18(16)19/h2-9,14,19-21H,10-13H2,1H3,(H,25,29)(H,26,30)(H,27,28)/t14-,20?,21?/m0/s1. The first-order valence-corrected chi connectivity index (χ1v) is 10.7. The van der Waals surface area contributed by atoms with Crippen LogP contribution in [-0.4, -0.2) is 55.0 Å². The molecule has 8 nitrogen and oxygen atoms in total. The van der Waals surface area contributed by atoms with Crippen molar-refractivity contribution in [3.8, 4) is 11.1 Å². The third kappa shape index (κ3) is 4.60. The predicted molar refractivity (Wildman–Crippen MR) is 116 cm³/mol. The van der Waals surface area contributed by atoms with Gasteiger partial charge in [0, 0.05) is 12.0 Å². The molecule has 3 atom stereocenters. The Morgan fingerprint density at radius 3 is 2.31 bits per heavy atom. The molecule has 2 aliphatic rings. The molecule has 1 aliphatic carbocycles. The number of ether oxygens (including phenoxy) is 2. The van der Waals surface area contributed by atoms with E-state index in [0.717, 1.165) is 22.3 Å². The minimum absolute atomic E-state index is 0.0519. The van der Waals surface area contributed by atoms with E-state index in [1.54, 1.807) is 6.92 Å². The maximum absolute atomic E-state index is 12.5. The Balaban J connectivity index is 1.35. The van der Waals surface area contributed by atoms with Crippen LogP contribution in [-0.2, 0) is 19.1 Å². The van der Waals surface area contributed by atoms with Crippen molar-refractivity contribution in [2.45, 2.75) is 31.3 Å². The zero-order chi connectivity index (χ0) is 22.7. The van der Waals surface area contributed by atoms with Crippen LogP contribution in [0.5, 0.6) is 0 Å². The second-order valence-electron chi connectivity index (χ2n) is 8.23. The Morgan fingerprint density at radius 1 is 1.06 bits per heavy atom. The fourth-order valence-corrected chi connectivity index (χ4v) is 4.41. The topological polar surface area (TPSA) is 114 Å². The van der Waals surface area contributed by atoms with Gasteiger partial charge in [-0.25, -0.2) is 4.79 Å². The van der Waals surface area contributed by atoms with Crippen molar-refractivity contribution in [3.05, 3.63) is 59.7 Å². The third-order valence-corrected chi connectivity index (χ3v) is 5.93. The van der Waals surface area contributed by atoms with Gasteiger partial charge in [-0.15, -0.1) is 0 Å². The Morgan fingerprint density at radius 2 is 1.69 bits per heavy atom. The van der Waals surface area contributed by atoms with E-state index in [1.807, 2.05) is 36.4 Å². The minimum atomic E-state index is -0.992. The van der Waals surface area contributed by atoms with Crippen molar-refractivity contribution in [1.29, 1.82) is 0 Å². The summed E-state index contributed by atoms with van der Waals surface area (Å²) in [4.78, 5) is 35.8. The highest BCUT2D eigenvalue weighted by molar-refractivity contribution is 5.82. The van der Waals surface area contributed by atoms with Crippen LogP contribution in [0.25, 0.3) is 11.1 Å². The molecule has 4 rings (SSSR count). The summed E-state index contributed by atoms with van der Waals surface area (Å²) in [6.07, 6.45) is -0.789. The lowest BCUT2D eigenvalue weighted by Gasteiger charge is -2.21. The third-order valence-electron chi connectivity index (χ3n) is 5.93. The quantitative estimate of drug-likeness (QED) is 0.612. The van der Waals surface area contributed by atoms with Crippen LogP contribution in [0.2, 0.25) is 0 Å². The van der Waals surface area contributed by atoms with E-state index in [-0.39, 0.29) is 38.1 Å². The normalized spacial score (nSPS) is 20.2. The molecule has 32 heavy (non-hydrogen) atoms. The second kappa shape index (κ2) is 9.40. The number of benzene rings is 2. The number of aliphatic carboxylic acids is 1.